The number of aromatic amines is 1. The minimum absolute atomic E-state index is 0.0266. The lowest BCUT2D eigenvalue weighted by Gasteiger charge is -1.89. The molecule has 0 aliphatic heterocycles. The molecule has 76 valence electrons. The van der Waals surface area contributed by atoms with Gasteiger partial charge in [0, 0.05) is 19.1 Å². The fourth-order valence-electron chi connectivity index (χ4n) is 1.28. The first-order chi connectivity index (χ1) is 7.08. The van der Waals surface area contributed by atoms with E-state index in [0.29, 0.717) is 11.0 Å². The van der Waals surface area contributed by atoms with E-state index in [9.17, 15) is 14.9 Å². The van der Waals surface area contributed by atoms with E-state index in [4.69, 9.17) is 0 Å². The van der Waals surface area contributed by atoms with E-state index < -0.39 is 4.92 Å². The van der Waals surface area contributed by atoms with Crippen LogP contribution >= 0.6 is 0 Å². The lowest BCUT2D eigenvalue weighted by molar-refractivity contribution is -0.384. The van der Waals surface area contributed by atoms with E-state index in [2.05, 4.69) is 9.97 Å². The second-order valence-corrected chi connectivity index (χ2v) is 3.10. The van der Waals surface area contributed by atoms with Crippen LogP contribution in [-0.2, 0) is 0 Å². The summed E-state index contributed by atoms with van der Waals surface area (Å²) < 4.78 is 0. The van der Waals surface area contributed by atoms with Gasteiger partial charge in [-0.25, -0.2) is 4.98 Å². The van der Waals surface area contributed by atoms with E-state index >= 15 is 0 Å². The van der Waals surface area contributed by atoms with Gasteiger partial charge in [-0.3, -0.25) is 14.9 Å². The Labute approximate surface area is 84.1 Å². The highest BCUT2D eigenvalue weighted by molar-refractivity contribution is 5.94. The number of hydrogen-bond donors (Lipinski definition) is 1. The standard InChI is InChI=1S/C9H7N3O3/c1-5(13)9-10-7-3-2-6(12(14)15)4-8(7)11-9/h2-4H,1H3,(H,10,11). The molecule has 2 aromatic rings. The van der Waals surface area contributed by atoms with Crippen LogP contribution in [0.5, 0.6) is 0 Å². The topological polar surface area (TPSA) is 88.9 Å². The third kappa shape index (κ3) is 1.56. The van der Waals surface area contributed by atoms with Crippen LogP contribution in [0.4, 0.5) is 5.69 Å². The van der Waals surface area contributed by atoms with Gasteiger partial charge in [-0.1, -0.05) is 0 Å². The number of non-ortho nitro benzene ring substituents is 1. The quantitative estimate of drug-likeness (QED) is 0.458. The Hall–Kier alpha value is -2.24. The van der Waals surface area contributed by atoms with Gasteiger partial charge in [-0.05, 0) is 6.07 Å². The molecule has 1 heterocycles. The van der Waals surface area contributed by atoms with Crippen molar-refractivity contribution < 1.29 is 9.72 Å². The number of nitro benzene ring substituents is 1. The number of Topliss-reactive ketones (excluding diaryl/α,β-unsaturated/α-hetero) is 1. The summed E-state index contributed by atoms with van der Waals surface area (Å²) in [6.45, 7) is 1.38. The highest BCUT2D eigenvalue weighted by Crippen LogP contribution is 2.18. The van der Waals surface area contributed by atoms with Gasteiger partial charge in [0.1, 0.15) is 0 Å². The maximum atomic E-state index is 11.0. The first-order valence-corrected chi connectivity index (χ1v) is 4.23. The van der Waals surface area contributed by atoms with Crippen molar-refractivity contribution in [2.24, 2.45) is 0 Å². The molecule has 2 rings (SSSR count). The van der Waals surface area contributed by atoms with Gasteiger partial charge in [-0.2, -0.15) is 0 Å². The van der Waals surface area contributed by atoms with Crippen molar-refractivity contribution in [3.63, 3.8) is 0 Å². The number of ketones is 1. The van der Waals surface area contributed by atoms with E-state index in [0.717, 1.165) is 0 Å². The first kappa shape index (κ1) is 9.32. The number of carbonyl (C=O) groups excluding carboxylic acids is 1. The van der Waals surface area contributed by atoms with Gasteiger partial charge < -0.3 is 4.98 Å². The number of nitro groups is 1. The highest BCUT2D eigenvalue weighted by atomic mass is 16.6. The first-order valence-electron chi connectivity index (χ1n) is 4.23. The number of nitrogens with one attached hydrogen (secondary N) is 1. The molecular weight excluding hydrogens is 198 g/mol. The van der Waals surface area contributed by atoms with Crippen molar-refractivity contribution in [2.75, 3.05) is 0 Å². The molecule has 0 bridgehead atoms. The van der Waals surface area contributed by atoms with Crippen molar-refractivity contribution in [1.82, 2.24) is 9.97 Å². The zero-order valence-electron chi connectivity index (χ0n) is 7.85. The predicted octanol–water partition coefficient (Wildman–Crippen LogP) is 1.67. The zero-order chi connectivity index (χ0) is 11.0. The van der Waals surface area contributed by atoms with Gasteiger partial charge in [0.25, 0.3) is 5.69 Å². The third-order valence-corrected chi connectivity index (χ3v) is 2.01. The summed E-state index contributed by atoms with van der Waals surface area (Å²) in [4.78, 5) is 27.7. The Kier molecular flexibility index (Phi) is 1.96. The van der Waals surface area contributed by atoms with Gasteiger partial charge in [0.2, 0.25) is 0 Å². The summed E-state index contributed by atoms with van der Waals surface area (Å²) >= 11 is 0. The minimum Gasteiger partial charge on any atom is -0.335 e. The number of carbonyl (C=O) groups is 1. The monoisotopic (exact) mass is 205 g/mol. The molecule has 0 radical (unpaired) electrons. The lowest BCUT2D eigenvalue weighted by atomic mass is 10.3. The second kappa shape index (κ2) is 3.16. The molecule has 1 aromatic heterocycles. The molecule has 0 amide bonds. The van der Waals surface area contributed by atoms with Crippen molar-refractivity contribution in [1.29, 1.82) is 0 Å². The molecule has 0 unspecified atom stereocenters. The Morgan fingerprint density at radius 3 is 2.87 bits per heavy atom. The van der Waals surface area contributed by atoms with Crippen molar-refractivity contribution in [3.8, 4) is 0 Å². The van der Waals surface area contributed by atoms with Crippen LogP contribution in [0.2, 0.25) is 0 Å². The largest absolute Gasteiger partial charge is 0.335 e. The van der Waals surface area contributed by atoms with Gasteiger partial charge in [-0.15, -0.1) is 0 Å². The Morgan fingerprint density at radius 2 is 2.27 bits per heavy atom. The Bertz CT molecular complexity index is 547. The minimum atomic E-state index is -0.492. The molecule has 1 N–H and O–H groups in total. The number of imidazole rings is 1. The van der Waals surface area contributed by atoms with Crippen molar-refractivity contribution in [3.05, 3.63) is 34.1 Å². The number of rotatable bonds is 2. The molecular formula is C9H7N3O3. The second-order valence-electron chi connectivity index (χ2n) is 3.10. The summed E-state index contributed by atoms with van der Waals surface area (Å²) in [6.07, 6.45) is 0. The van der Waals surface area contributed by atoms with Crippen LogP contribution < -0.4 is 0 Å². The Balaban J connectivity index is 2.62. The number of aromatic nitrogens is 2. The van der Waals surface area contributed by atoms with Crippen LogP contribution in [0.3, 0.4) is 0 Å². The fourth-order valence-corrected chi connectivity index (χ4v) is 1.28. The summed E-state index contributed by atoms with van der Waals surface area (Å²) in [6, 6.07) is 4.22. The van der Waals surface area contributed by atoms with Crippen molar-refractivity contribution >= 4 is 22.5 Å². The van der Waals surface area contributed by atoms with E-state index in [1.165, 1.54) is 25.1 Å². The smallest absolute Gasteiger partial charge is 0.271 e. The molecule has 1 aromatic carbocycles. The molecule has 0 aliphatic rings. The van der Waals surface area contributed by atoms with Crippen LogP contribution in [-0.4, -0.2) is 20.7 Å². The molecule has 15 heavy (non-hydrogen) atoms. The number of hydrogen-bond acceptors (Lipinski definition) is 4. The fraction of sp³-hybridized carbons (Fsp3) is 0.111. The maximum absolute atomic E-state index is 11.0. The molecule has 0 atom stereocenters. The predicted molar refractivity (Wildman–Crippen MR) is 52.8 cm³/mol. The van der Waals surface area contributed by atoms with Crippen molar-refractivity contribution in [2.45, 2.75) is 6.92 Å². The van der Waals surface area contributed by atoms with E-state index in [-0.39, 0.29) is 17.3 Å². The molecule has 0 saturated carbocycles. The summed E-state index contributed by atoms with van der Waals surface area (Å²) in [5.41, 5.74) is 1.02. The van der Waals surface area contributed by atoms with Gasteiger partial charge in [0.05, 0.1) is 16.0 Å². The van der Waals surface area contributed by atoms with Crippen LogP contribution in [0, 0.1) is 10.1 Å². The summed E-state index contributed by atoms with van der Waals surface area (Å²) in [7, 11) is 0. The van der Waals surface area contributed by atoms with Gasteiger partial charge >= 0.3 is 0 Å². The highest BCUT2D eigenvalue weighted by Gasteiger charge is 2.10. The van der Waals surface area contributed by atoms with E-state index in [1.54, 1.807) is 0 Å². The SMILES string of the molecule is CC(=O)c1nc2ccc([N+](=O)[O-])cc2[nH]1. The Morgan fingerprint density at radius 1 is 1.53 bits per heavy atom. The number of H-pyrrole nitrogens is 1. The lowest BCUT2D eigenvalue weighted by Crippen LogP contribution is -1.93. The van der Waals surface area contributed by atoms with Gasteiger partial charge in [0.15, 0.2) is 11.6 Å². The third-order valence-electron chi connectivity index (χ3n) is 2.01. The van der Waals surface area contributed by atoms with Crippen LogP contribution in [0.1, 0.15) is 17.5 Å². The summed E-state index contributed by atoms with van der Waals surface area (Å²) in [5.74, 6) is 0.0133. The number of benzene rings is 1. The summed E-state index contributed by atoms with van der Waals surface area (Å²) in [5, 5.41) is 10.5. The molecule has 6 nitrogen and oxygen atoms in total. The van der Waals surface area contributed by atoms with Crippen LogP contribution in [0.25, 0.3) is 11.0 Å². The molecule has 0 fully saturated rings. The van der Waals surface area contributed by atoms with E-state index in [1.807, 2.05) is 0 Å². The molecule has 6 heteroatoms. The average Bonchev–Trinajstić information content (AvgIpc) is 2.59. The molecule has 0 spiro atoms. The maximum Gasteiger partial charge on any atom is 0.271 e. The molecule has 0 aliphatic carbocycles. The number of fused-ring (bicyclic) bond motifs is 1. The average molecular weight is 205 g/mol. The van der Waals surface area contributed by atoms with Crippen LogP contribution in [0.15, 0.2) is 18.2 Å². The number of nitrogens with zero attached hydrogens (tertiary/aromatic N) is 2. The zero-order valence-corrected chi connectivity index (χ0v) is 7.85. The normalized spacial score (nSPS) is 10.5. The molecule has 0 saturated heterocycles.